The molecule has 3 N–H and O–H groups in total. The van der Waals surface area contributed by atoms with Gasteiger partial charge in [-0.25, -0.2) is 4.98 Å². The summed E-state index contributed by atoms with van der Waals surface area (Å²) in [6, 6.07) is 2.60. The molecule has 1 atom stereocenters. The zero-order valence-electron chi connectivity index (χ0n) is 11.7. The van der Waals surface area contributed by atoms with Crippen LogP contribution in [0.1, 0.15) is 32.9 Å². The second-order valence-corrected chi connectivity index (χ2v) is 5.94. The van der Waals surface area contributed by atoms with E-state index >= 15 is 0 Å². The van der Waals surface area contributed by atoms with Gasteiger partial charge >= 0.3 is 0 Å². The van der Waals surface area contributed by atoms with Gasteiger partial charge in [0.2, 0.25) is 5.95 Å². The molecule has 0 aliphatic carbocycles. The summed E-state index contributed by atoms with van der Waals surface area (Å²) in [5.41, 5.74) is 6.82. The van der Waals surface area contributed by atoms with Crippen molar-refractivity contribution in [2.75, 3.05) is 30.8 Å². The monoisotopic (exact) mass is 249 g/mol. The molecule has 1 aromatic heterocycles. The van der Waals surface area contributed by atoms with Gasteiger partial charge in [0.15, 0.2) is 0 Å². The van der Waals surface area contributed by atoms with Crippen LogP contribution < -0.4 is 16.0 Å². The SMILES string of the molecule is CN[C@H]1CCN(c2cc(C(C)(C)C)nc(N)n2)C1. The number of aromatic nitrogens is 2. The predicted molar refractivity (Wildman–Crippen MR) is 74.8 cm³/mol. The lowest BCUT2D eigenvalue weighted by molar-refractivity contribution is 0.567. The van der Waals surface area contributed by atoms with Crippen molar-refractivity contribution in [3.05, 3.63) is 11.8 Å². The van der Waals surface area contributed by atoms with Crippen molar-refractivity contribution in [3.8, 4) is 0 Å². The highest BCUT2D eigenvalue weighted by atomic mass is 15.2. The molecule has 18 heavy (non-hydrogen) atoms. The Balaban J connectivity index is 2.26. The fraction of sp³-hybridized carbons (Fsp3) is 0.692. The molecule has 0 bridgehead atoms. The van der Waals surface area contributed by atoms with Gasteiger partial charge in [-0.05, 0) is 13.5 Å². The summed E-state index contributed by atoms with van der Waals surface area (Å²) >= 11 is 0. The van der Waals surface area contributed by atoms with Crippen LogP contribution in [0.4, 0.5) is 11.8 Å². The van der Waals surface area contributed by atoms with E-state index in [9.17, 15) is 0 Å². The summed E-state index contributed by atoms with van der Waals surface area (Å²) in [5, 5.41) is 3.31. The molecule has 0 unspecified atom stereocenters. The molecule has 0 saturated carbocycles. The standard InChI is InChI=1S/C13H23N5/c1-13(2,3)10-7-11(17-12(14)16-10)18-6-5-9(8-18)15-4/h7,9,15H,5-6,8H2,1-4H3,(H2,14,16,17)/t9-/m0/s1. The van der Waals surface area contributed by atoms with Crippen molar-refractivity contribution in [1.82, 2.24) is 15.3 Å². The van der Waals surface area contributed by atoms with Crippen molar-refractivity contribution in [3.63, 3.8) is 0 Å². The maximum absolute atomic E-state index is 5.83. The first-order chi connectivity index (χ1) is 8.40. The fourth-order valence-corrected chi connectivity index (χ4v) is 2.20. The molecule has 5 heteroatoms. The summed E-state index contributed by atoms with van der Waals surface area (Å²) in [6.45, 7) is 8.42. The van der Waals surface area contributed by atoms with Gasteiger partial charge < -0.3 is 16.0 Å². The number of nitrogen functional groups attached to an aromatic ring is 1. The Kier molecular flexibility index (Phi) is 3.43. The smallest absolute Gasteiger partial charge is 0.222 e. The molecule has 100 valence electrons. The molecule has 1 fully saturated rings. The third-order valence-electron chi connectivity index (χ3n) is 3.42. The first kappa shape index (κ1) is 13.1. The number of hydrogen-bond acceptors (Lipinski definition) is 5. The lowest BCUT2D eigenvalue weighted by atomic mass is 9.92. The van der Waals surface area contributed by atoms with Crippen LogP contribution in [0.3, 0.4) is 0 Å². The van der Waals surface area contributed by atoms with Crippen LogP contribution in [0, 0.1) is 0 Å². The van der Waals surface area contributed by atoms with Gasteiger partial charge in [-0.1, -0.05) is 20.8 Å². The van der Waals surface area contributed by atoms with Crippen LogP contribution in [-0.2, 0) is 5.41 Å². The van der Waals surface area contributed by atoms with E-state index in [4.69, 9.17) is 5.73 Å². The molecule has 1 saturated heterocycles. The Hall–Kier alpha value is -1.36. The average Bonchev–Trinajstić information content (AvgIpc) is 2.75. The summed E-state index contributed by atoms with van der Waals surface area (Å²) in [5.74, 6) is 1.32. The maximum atomic E-state index is 5.83. The van der Waals surface area contributed by atoms with E-state index in [0.717, 1.165) is 31.0 Å². The van der Waals surface area contributed by atoms with Gasteiger partial charge in [0.1, 0.15) is 5.82 Å². The maximum Gasteiger partial charge on any atom is 0.222 e. The van der Waals surface area contributed by atoms with Crippen molar-refractivity contribution in [2.24, 2.45) is 0 Å². The van der Waals surface area contributed by atoms with Crippen LogP contribution in [0.25, 0.3) is 0 Å². The van der Waals surface area contributed by atoms with Gasteiger partial charge in [-0.15, -0.1) is 0 Å². The fourth-order valence-electron chi connectivity index (χ4n) is 2.20. The van der Waals surface area contributed by atoms with Crippen LogP contribution in [-0.4, -0.2) is 36.1 Å². The first-order valence-electron chi connectivity index (χ1n) is 6.47. The van der Waals surface area contributed by atoms with Crippen molar-refractivity contribution >= 4 is 11.8 Å². The minimum atomic E-state index is -0.00601. The van der Waals surface area contributed by atoms with Crippen LogP contribution >= 0.6 is 0 Å². The molecule has 0 amide bonds. The second kappa shape index (κ2) is 4.72. The van der Waals surface area contributed by atoms with Crippen molar-refractivity contribution in [2.45, 2.75) is 38.6 Å². The lowest BCUT2D eigenvalue weighted by Gasteiger charge is -2.22. The van der Waals surface area contributed by atoms with E-state index in [0.29, 0.717) is 12.0 Å². The Morgan fingerprint density at radius 2 is 2.11 bits per heavy atom. The average molecular weight is 249 g/mol. The Labute approximate surface area is 109 Å². The summed E-state index contributed by atoms with van der Waals surface area (Å²) in [7, 11) is 2.00. The molecule has 2 heterocycles. The number of nitrogens with one attached hydrogen (secondary N) is 1. The molecular formula is C13H23N5. The molecule has 2 rings (SSSR count). The quantitative estimate of drug-likeness (QED) is 0.823. The summed E-state index contributed by atoms with van der Waals surface area (Å²) < 4.78 is 0. The molecule has 1 aliphatic rings. The second-order valence-electron chi connectivity index (χ2n) is 5.94. The number of anilines is 2. The highest BCUT2D eigenvalue weighted by molar-refractivity contribution is 5.46. The number of rotatable bonds is 2. The summed E-state index contributed by atoms with van der Waals surface area (Å²) in [6.07, 6.45) is 1.14. The minimum absolute atomic E-state index is 0.00601. The zero-order valence-corrected chi connectivity index (χ0v) is 11.7. The van der Waals surface area contributed by atoms with Gasteiger partial charge in [-0.3, -0.25) is 0 Å². The highest BCUT2D eigenvalue weighted by Gasteiger charge is 2.24. The Morgan fingerprint density at radius 3 is 2.67 bits per heavy atom. The van der Waals surface area contributed by atoms with E-state index in [-0.39, 0.29) is 5.41 Å². The molecule has 1 aliphatic heterocycles. The van der Waals surface area contributed by atoms with Crippen molar-refractivity contribution < 1.29 is 0 Å². The molecule has 5 nitrogen and oxygen atoms in total. The molecule has 1 aromatic rings. The van der Waals surface area contributed by atoms with E-state index < -0.39 is 0 Å². The van der Waals surface area contributed by atoms with Crippen LogP contribution in [0.2, 0.25) is 0 Å². The van der Waals surface area contributed by atoms with E-state index in [1.807, 2.05) is 7.05 Å². The molecule has 0 radical (unpaired) electrons. The van der Waals surface area contributed by atoms with E-state index in [1.165, 1.54) is 0 Å². The lowest BCUT2D eigenvalue weighted by Crippen LogP contribution is -2.30. The number of likely N-dealkylation sites (N-methyl/N-ethyl adjacent to an activating group) is 1. The normalized spacial score (nSPS) is 20.4. The van der Waals surface area contributed by atoms with E-state index in [2.05, 4.69) is 47.0 Å². The van der Waals surface area contributed by atoms with E-state index in [1.54, 1.807) is 0 Å². The first-order valence-corrected chi connectivity index (χ1v) is 6.47. The Bertz CT molecular complexity index is 424. The van der Waals surface area contributed by atoms with Gasteiger partial charge in [0.25, 0.3) is 0 Å². The van der Waals surface area contributed by atoms with Gasteiger partial charge in [-0.2, -0.15) is 4.98 Å². The third-order valence-corrected chi connectivity index (χ3v) is 3.42. The van der Waals surface area contributed by atoms with Crippen molar-refractivity contribution in [1.29, 1.82) is 0 Å². The molecule has 0 spiro atoms. The topological polar surface area (TPSA) is 67.1 Å². The van der Waals surface area contributed by atoms with Gasteiger partial charge in [0, 0.05) is 30.6 Å². The molecular weight excluding hydrogens is 226 g/mol. The Morgan fingerprint density at radius 1 is 1.39 bits per heavy atom. The summed E-state index contributed by atoms with van der Waals surface area (Å²) in [4.78, 5) is 11.0. The number of hydrogen-bond donors (Lipinski definition) is 2. The number of nitrogens with zero attached hydrogens (tertiary/aromatic N) is 3. The van der Waals surface area contributed by atoms with Crippen LogP contribution in [0.5, 0.6) is 0 Å². The van der Waals surface area contributed by atoms with Crippen LogP contribution in [0.15, 0.2) is 6.07 Å². The molecule has 0 aromatic carbocycles. The predicted octanol–water partition coefficient (Wildman–Crippen LogP) is 1.15. The van der Waals surface area contributed by atoms with Gasteiger partial charge in [0.05, 0.1) is 5.69 Å². The largest absolute Gasteiger partial charge is 0.368 e. The zero-order chi connectivity index (χ0) is 13.3. The third kappa shape index (κ3) is 2.72. The number of nitrogens with two attached hydrogens (primary N) is 1. The highest BCUT2D eigenvalue weighted by Crippen LogP contribution is 2.26. The minimum Gasteiger partial charge on any atom is -0.368 e.